The van der Waals surface area contributed by atoms with Crippen LogP contribution in [0.25, 0.3) is 0 Å². The van der Waals surface area contributed by atoms with E-state index in [-0.39, 0.29) is 24.8 Å². The molecular weight excluding hydrogens is 714 g/mol. The quantitative estimate of drug-likeness (QED) is 0.173. The first-order valence-corrected chi connectivity index (χ1v) is 19.5. The van der Waals surface area contributed by atoms with E-state index in [0.29, 0.717) is 11.8 Å². The van der Waals surface area contributed by atoms with E-state index in [0.717, 1.165) is 22.8 Å². The van der Waals surface area contributed by atoms with E-state index < -0.39 is 86.7 Å². The third-order valence-electron chi connectivity index (χ3n) is 13.1. The number of benzene rings is 3. The van der Waals surface area contributed by atoms with E-state index in [4.69, 9.17) is 9.47 Å². The SMILES string of the molecule is CC(OC(c1ccccc1)(c1ccccc1)c1ccccc1)C(=O)O[C@]1(C(=O)SCF)[C@H](C)C[C@H]2[C@@H]3C[C@H](F)C4=CC(=O)C=C[C@]4(C)[C@@]3(F)[C@@H](O)C[C@@]21C. The van der Waals surface area contributed by atoms with Crippen molar-refractivity contribution in [3.05, 3.63) is 131 Å². The summed E-state index contributed by atoms with van der Waals surface area (Å²) in [6.07, 6.45) is -1.60. The number of ketones is 1. The van der Waals surface area contributed by atoms with Crippen LogP contribution in [0, 0.1) is 28.6 Å². The van der Waals surface area contributed by atoms with Crippen molar-refractivity contribution in [1.29, 1.82) is 0 Å². The molecule has 0 radical (unpaired) electrons. The van der Waals surface area contributed by atoms with Gasteiger partial charge in [-0.1, -0.05) is 111 Å². The fourth-order valence-corrected chi connectivity index (χ4v) is 11.4. The number of aliphatic hydroxyl groups excluding tert-OH is 1. The lowest BCUT2D eigenvalue weighted by Gasteiger charge is -2.63. The number of thioether (sulfide) groups is 1. The Kier molecular flexibility index (Phi) is 9.89. The highest BCUT2D eigenvalue weighted by Gasteiger charge is 2.78. The third kappa shape index (κ3) is 5.41. The highest BCUT2D eigenvalue weighted by atomic mass is 32.2. The molecule has 4 aliphatic carbocycles. The minimum atomic E-state index is -2.41. The molecule has 3 aromatic rings. The summed E-state index contributed by atoms with van der Waals surface area (Å²) in [5.41, 5.74) is -6.64. The highest BCUT2D eigenvalue weighted by molar-refractivity contribution is 8.13. The van der Waals surface area contributed by atoms with Crippen LogP contribution in [0.2, 0.25) is 0 Å². The Morgan fingerprint density at radius 1 is 0.926 bits per heavy atom. The Balaban J connectivity index is 1.30. The van der Waals surface area contributed by atoms with E-state index in [2.05, 4.69) is 0 Å². The van der Waals surface area contributed by atoms with Gasteiger partial charge in [0.15, 0.2) is 23.2 Å². The van der Waals surface area contributed by atoms with Crippen LogP contribution in [0.3, 0.4) is 0 Å². The van der Waals surface area contributed by atoms with Crippen molar-refractivity contribution < 1.29 is 42.1 Å². The second kappa shape index (κ2) is 13.9. The number of halogens is 3. The van der Waals surface area contributed by atoms with Gasteiger partial charge in [0.1, 0.15) is 17.8 Å². The standard InChI is InChI=1S/C44H45F3O6S/c1-27-22-33-34-24-36(46)35-23-32(48)20-21-40(35,3)43(34,47)37(49)25-41(33,4)44(27,39(51)54-26-45)53-38(50)28(2)52-42(29-14-8-5-9-15-29,30-16-10-6-11-17-30)31-18-12-7-13-19-31/h5-21,23,27-28,33-34,36-37,49H,22,24-26H2,1-4H3/t27-,28?,33+,34+,36+,37+,40+,41+,43+,44+/m1/s1. The largest absolute Gasteiger partial charge is 0.447 e. The second-order valence-electron chi connectivity index (χ2n) is 15.7. The number of hydrogen-bond donors (Lipinski definition) is 1. The Hall–Kier alpha value is -3.99. The Morgan fingerprint density at radius 2 is 1.46 bits per heavy atom. The summed E-state index contributed by atoms with van der Waals surface area (Å²) in [6.45, 7) is 6.41. The van der Waals surface area contributed by atoms with Crippen LogP contribution in [0.4, 0.5) is 13.2 Å². The summed E-state index contributed by atoms with van der Waals surface area (Å²) in [5, 5.41) is 11.2. The summed E-state index contributed by atoms with van der Waals surface area (Å²) < 4.78 is 61.5. The lowest BCUT2D eigenvalue weighted by molar-refractivity contribution is -0.232. The number of aliphatic hydroxyl groups is 1. The summed E-state index contributed by atoms with van der Waals surface area (Å²) in [7, 11) is 0. The van der Waals surface area contributed by atoms with Gasteiger partial charge in [-0.3, -0.25) is 9.59 Å². The van der Waals surface area contributed by atoms with Crippen LogP contribution in [-0.4, -0.2) is 57.6 Å². The van der Waals surface area contributed by atoms with Crippen LogP contribution in [0.1, 0.15) is 63.6 Å². The van der Waals surface area contributed by atoms with Gasteiger partial charge in [-0.15, -0.1) is 0 Å². The first-order valence-electron chi connectivity index (χ1n) is 18.5. The molecule has 10 atom stereocenters. The summed E-state index contributed by atoms with van der Waals surface area (Å²) in [6, 6.07) is 27.2. The third-order valence-corrected chi connectivity index (χ3v) is 13.8. The summed E-state index contributed by atoms with van der Waals surface area (Å²) in [4.78, 5) is 41.3. The van der Waals surface area contributed by atoms with Crippen molar-refractivity contribution >= 4 is 28.6 Å². The zero-order valence-corrected chi connectivity index (χ0v) is 31.5. The molecule has 0 aromatic heterocycles. The van der Waals surface area contributed by atoms with Gasteiger partial charge in [-0.2, -0.15) is 0 Å². The molecule has 0 saturated heterocycles. The molecule has 0 amide bonds. The van der Waals surface area contributed by atoms with Gasteiger partial charge < -0.3 is 14.6 Å². The predicted octanol–water partition coefficient (Wildman–Crippen LogP) is 8.42. The number of esters is 1. The zero-order valence-electron chi connectivity index (χ0n) is 30.7. The lowest BCUT2D eigenvalue weighted by Crippen LogP contribution is -2.71. The monoisotopic (exact) mass is 758 g/mol. The Bertz CT molecular complexity index is 1880. The molecule has 284 valence electrons. The van der Waals surface area contributed by atoms with Crippen LogP contribution in [-0.2, 0) is 29.5 Å². The zero-order chi connectivity index (χ0) is 38.7. The summed E-state index contributed by atoms with van der Waals surface area (Å²) >= 11 is 0.360. The summed E-state index contributed by atoms with van der Waals surface area (Å²) in [5.74, 6) is -3.99. The molecule has 6 nitrogen and oxygen atoms in total. The minimum Gasteiger partial charge on any atom is -0.447 e. The molecule has 4 aliphatic rings. The molecule has 3 aromatic carbocycles. The number of fused-ring (bicyclic) bond motifs is 5. The van der Waals surface area contributed by atoms with Gasteiger partial charge in [0.25, 0.3) is 0 Å². The molecule has 54 heavy (non-hydrogen) atoms. The normalized spacial score (nSPS) is 34.9. The minimum absolute atomic E-state index is 0.0195. The molecule has 1 N–H and O–H groups in total. The van der Waals surface area contributed by atoms with E-state index in [1.807, 2.05) is 91.0 Å². The number of rotatable bonds is 9. The van der Waals surface area contributed by atoms with E-state index >= 15 is 8.78 Å². The average Bonchev–Trinajstić information content (AvgIpc) is 3.39. The van der Waals surface area contributed by atoms with Crippen LogP contribution in [0.15, 0.2) is 115 Å². The maximum Gasteiger partial charge on any atom is 0.336 e. The van der Waals surface area contributed by atoms with Gasteiger partial charge in [-0.25, -0.2) is 18.0 Å². The van der Waals surface area contributed by atoms with Crippen LogP contribution < -0.4 is 0 Å². The Morgan fingerprint density at radius 3 is 1.98 bits per heavy atom. The number of alkyl halides is 3. The van der Waals surface area contributed by atoms with Crippen molar-refractivity contribution in [2.24, 2.45) is 28.6 Å². The average molecular weight is 759 g/mol. The van der Waals surface area contributed by atoms with Crippen molar-refractivity contribution in [2.75, 3.05) is 6.01 Å². The molecule has 3 saturated carbocycles. The van der Waals surface area contributed by atoms with Crippen molar-refractivity contribution in [3.63, 3.8) is 0 Å². The molecule has 10 heteroatoms. The number of carbonyl (C=O) groups excluding carboxylic acids is 3. The van der Waals surface area contributed by atoms with Crippen molar-refractivity contribution in [3.8, 4) is 0 Å². The maximum absolute atomic E-state index is 17.9. The van der Waals surface area contributed by atoms with Gasteiger partial charge in [0, 0.05) is 22.7 Å². The molecule has 7 rings (SSSR count). The highest BCUT2D eigenvalue weighted by Crippen LogP contribution is 2.72. The molecule has 1 unspecified atom stereocenters. The predicted molar refractivity (Wildman–Crippen MR) is 200 cm³/mol. The van der Waals surface area contributed by atoms with Crippen molar-refractivity contribution in [1.82, 2.24) is 0 Å². The molecule has 0 spiro atoms. The number of allylic oxidation sites excluding steroid dienone is 4. The molecule has 0 bridgehead atoms. The number of carbonyl (C=O) groups is 3. The first kappa shape index (κ1) is 38.3. The number of hydrogen-bond acceptors (Lipinski definition) is 7. The molecule has 3 fully saturated rings. The smallest absolute Gasteiger partial charge is 0.336 e. The topological polar surface area (TPSA) is 89.9 Å². The molecule has 0 heterocycles. The maximum atomic E-state index is 17.9. The van der Waals surface area contributed by atoms with Gasteiger partial charge in [-0.05, 0) is 85.2 Å². The molecular formula is C44H45F3O6S. The van der Waals surface area contributed by atoms with E-state index in [1.54, 1.807) is 13.8 Å². The van der Waals surface area contributed by atoms with E-state index in [9.17, 15) is 23.9 Å². The lowest BCUT2D eigenvalue weighted by atomic mass is 9.44. The van der Waals surface area contributed by atoms with Gasteiger partial charge in [0.05, 0.1) is 6.10 Å². The second-order valence-corrected chi connectivity index (χ2v) is 16.6. The van der Waals surface area contributed by atoms with Gasteiger partial charge >= 0.3 is 5.97 Å². The van der Waals surface area contributed by atoms with Crippen LogP contribution in [0.5, 0.6) is 0 Å². The first-order chi connectivity index (χ1) is 25.7. The van der Waals surface area contributed by atoms with E-state index in [1.165, 1.54) is 26.0 Å². The number of ether oxygens (including phenoxy) is 2. The molecule has 0 aliphatic heterocycles. The fourth-order valence-electron chi connectivity index (χ4n) is 10.7. The fraction of sp³-hybridized carbons (Fsp3) is 0.432. The Labute approximate surface area is 318 Å². The van der Waals surface area contributed by atoms with Gasteiger partial charge in [0.2, 0.25) is 5.12 Å². The van der Waals surface area contributed by atoms with Crippen molar-refractivity contribution in [2.45, 2.75) is 82.2 Å². The van der Waals surface area contributed by atoms with Crippen LogP contribution >= 0.6 is 11.8 Å².